The van der Waals surface area contributed by atoms with E-state index in [9.17, 15) is 4.79 Å². The van der Waals surface area contributed by atoms with Crippen LogP contribution in [-0.2, 0) is 0 Å². The number of methoxy groups -OCH3 is 2. The fraction of sp³-hybridized carbons (Fsp3) is 0.520. The molecule has 1 aromatic carbocycles. The van der Waals surface area contributed by atoms with Gasteiger partial charge in [-0.15, -0.1) is 0 Å². The number of hydrogen-bond donors (Lipinski definition) is 0. The van der Waals surface area contributed by atoms with Crippen molar-refractivity contribution in [2.75, 3.05) is 33.9 Å². The Bertz CT molecular complexity index is 918. The summed E-state index contributed by atoms with van der Waals surface area (Å²) in [5.74, 6) is 3.26. The Morgan fingerprint density at radius 3 is 2.42 bits per heavy atom. The van der Waals surface area contributed by atoms with Gasteiger partial charge in [-0.3, -0.25) is 9.78 Å². The minimum atomic E-state index is 0.0382. The molecule has 2 aromatic rings. The molecule has 2 aliphatic rings. The summed E-state index contributed by atoms with van der Waals surface area (Å²) in [5, 5.41) is 0. The molecular weight excluding hydrogens is 392 g/mol. The number of hydrogen-bond acceptors (Lipinski definition) is 5. The van der Waals surface area contributed by atoms with Crippen LogP contribution in [0.2, 0.25) is 0 Å². The van der Waals surface area contributed by atoms with E-state index in [4.69, 9.17) is 14.2 Å². The Balaban J connectivity index is 1.39. The van der Waals surface area contributed by atoms with Crippen LogP contribution < -0.4 is 14.2 Å². The van der Waals surface area contributed by atoms with Crippen LogP contribution >= 0.6 is 0 Å². The fourth-order valence-corrected chi connectivity index (χ4v) is 4.39. The molecule has 0 spiro atoms. The SMILES string of the molecule is COc1cc(C(=O)N2CCC(c3cnc(C)cc3OC)CC2)ccc1OCC1CCC1. The van der Waals surface area contributed by atoms with E-state index in [0.717, 1.165) is 29.8 Å². The molecule has 6 nitrogen and oxygen atoms in total. The summed E-state index contributed by atoms with van der Waals surface area (Å²) in [7, 11) is 3.32. The summed E-state index contributed by atoms with van der Waals surface area (Å²) < 4.78 is 17.0. The molecule has 0 unspecified atom stereocenters. The van der Waals surface area contributed by atoms with Gasteiger partial charge in [0, 0.05) is 42.2 Å². The van der Waals surface area contributed by atoms with Gasteiger partial charge in [0.2, 0.25) is 0 Å². The van der Waals surface area contributed by atoms with Gasteiger partial charge in [-0.2, -0.15) is 0 Å². The summed E-state index contributed by atoms with van der Waals surface area (Å²) in [6.45, 7) is 4.10. The van der Waals surface area contributed by atoms with Crippen LogP contribution in [0.3, 0.4) is 0 Å². The number of ether oxygens (including phenoxy) is 3. The molecule has 1 saturated heterocycles. The first kappa shape index (κ1) is 21.5. The topological polar surface area (TPSA) is 60.9 Å². The van der Waals surface area contributed by atoms with Gasteiger partial charge in [0.1, 0.15) is 5.75 Å². The van der Waals surface area contributed by atoms with Gasteiger partial charge in [-0.25, -0.2) is 0 Å². The van der Waals surface area contributed by atoms with E-state index >= 15 is 0 Å². The zero-order chi connectivity index (χ0) is 21.8. The van der Waals surface area contributed by atoms with Crippen molar-refractivity contribution in [1.29, 1.82) is 0 Å². The van der Waals surface area contributed by atoms with Crippen LogP contribution in [0.15, 0.2) is 30.5 Å². The molecule has 31 heavy (non-hydrogen) atoms. The highest BCUT2D eigenvalue weighted by Crippen LogP contribution is 2.35. The third kappa shape index (κ3) is 4.78. The Morgan fingerprint density at radius 1 is 1.03 bits per heavy atom. The second-order valence-corrected chi connectivity index (χ2v) is 8.61. The molecule has 0 N–H and O–H groups in total. The first-order chi connectivity index (χ1) is 15.1. The summed E-state index contributed by atoms with van der Waals surface area (Å²) in [6.07, 6.45) is 7.48. The average Bonchev–Trinajstić information content (AvgIpc) is 2.77. The first-order valence-corrected chi connectivity index (χ1v) is 11.2. The maximum absolute atomic E-state index is 13.1. The Morgan fingerprint density at radius 2 is 1.77 bits per heavy atom. The standard InChI is InChI=1S/C25H32N2O4/c1-17-13-23(29-2)21(15-26-17)19-9-11-27(12-10-19)25(28)20-7-8-22(24(14-20)30-3)31-16-18-5-4-6-18/h7-8,13-15,18-19H,4-6,9-12,16H2,1-3H3. The third-order valence-corrected chi connectivity index (χ3v) is 6.58. The van der Waals surface area contributed by atoms with E-state index in [1.165, 1.54) is 19.3 Å². The monoisotopic (exact) mass is 424 g/mol. The van der Waals surface area contributed by atoms with Gasteiger partial charge in [-0.1, -0.05) is 6.42 Å². The molecule has 1 aliphatic heterocycles. The maximum atomic E-state index is 13.1. The number of carbonyl (C=O) groups is 1. The van der Waals surface area contributed by atoms with Crippen LogP contribution in [0.5, 0.6) is 17.2 Å². The molecule has 4 rings (SSSR count). The van der Waals surface area contributed by atoms with E-state index in [1.807, 2.05) is 36.2 Å². The van der Waals surface area contributed by atoms with Crippen molar-refractivity contribution in [1.82, 2.24) is 9.88 Å². The smallest absolute Gasteiger partial charge is 0.253 e. The lowest BCUT2D eigenvalue weighted by molar-refractivity contribution is 0.0712. The summed E-state index contributed by atoms with van der Waals surface area (Å²) in [5.41, 5.74) is 2.72. The van der Waals surface area contributed by atoms with Gasteiger partial charge in [0.05, 0.1) is 20.8 Å². The van der Waals surface area contributed by atoms with Crippen LogP contribution in [0.1, 0.15) is 59.6 Å². The number of piperidine rings is 1. The van der Waals surface area contributed by atoms with Gasteiger partial charge < -0.3 is 19.1 Å². The van der Waals surface area contributed by atoms with Crippen molar-refractivity contribution in [2.45, 2.75) is 44.9 Å². The number of nitrogens with zero attached hydrogens (tertiary/aromatic N) is 2. The van der Waals surface area contributed by atoms with Gasteiger partial charge >= 0.3 is 0 Å². The van der Waals surface area contributed by atoms with E-state index in [1.54, 1.807) is 20.3 Å². The maximum Gasteiger partial charge on any atom is 0.253 e. The highest BCUT2D eigenvalue weighted by molar-refractivity contribution is 5.95. The normalized spacial score (nSPS) is 17.2. The van der Waals surface area contributed by atoms with E-state index in [2.05, 4.69) is 4.98 Å². The molecule has 0 bridgehead atoms. The number of amides is 1. The number of pyridine rings is 1. The molecule has 2 fully saturated rings. The molecule has 6 heteroatoms. The fourth-order valence-electron chi connectivity index (χ4n) is 4.39. The largest absolute Gasteiger partial charge is 0.496 e. The molecule has 0 radical (unpaired) electrons. The lowest BCUT2D eigenvalue weighted by Crippen LogP contribution is -2.38. The molecule has 0 atom stereocenters. The summed E-state index contributed by atoms with van der Waals surface area (Å²) in [6, 6.07) is 7.49. The highest BCUT2D eigenvalue weighted by atomic mass is 16.5. The van der Waals surface area contributed by atoms with Crippen LogP contribution in [0.4, 0.5) is 0 Å². The van der Waals surface area contributed by atoms with Gasteiger partial charge in [0.15, 0.2) is 11.5 Å². The average molecular weight is 425 g/mol. The van der Waals surface area contributed by atoms with Crippen molar-refractivity contribution in [3.8, 4) is 17.2 Å². The van der Waals surface area contributed by atoms with Crippen molar-refractivity contribution >= 4 is 5.91 Å². The Hall–Kier alpha value is -2.76. The number of aromatic nitrogens is 1. The van der Waals surface area contributed by atoms with E-state index in [-0.39, 0.29) is 5.91 Å². The summed E-state index contributed by atoms with van der Waals surface area (Å²) in [4.78, 5) is 19.5. The second-order valence-electron chi connectivity index (χ2n) is 8.61. The Labute approximate surface area is 184 Å². The first-order valence-electron chi connectivity index (χ1n) is 11.2. The molecule has 2 heterocycles. The number of carbonyl (C=O) groups excluding carboxylic acids is 1. The number of benzene rings is 1. The predicted octanol–water partition coefficient (Wildman–Crippen LogP) is 4.61. The molecule has 1 aliphatic carbocycles. The lowest BCUT2D eigenvalue weighted by Gasteiger charge is -2.33. The second kappa shape index (κ2) is 9.58. The predicted molar refractivity (Wildman–Crippen MR) is 119 cm³/mol. The molecule has 1 aromatic heterocycles. The lowest BCUT2D eigenvalue weighted by atomic mass is 9.86. The van der Waals surface area contributed by atoms with Crippen LogP contribution in [0, 0.1) is 12.8 Å². The van der Waals surface area contributed by atoms with Crippen molar-refractivity contribution < 1.29 is 19.0 Å². The Kier molecular flexibility index (Phi) is 6.64. The van der Waals surface area contributed by atoms with E-state index < -0.39 is 0 Å². The van der Waals surface area contributed by atoms with Crippen molar-refractivity contribution in [2.24, 2.45) is 5.92 Å². The number of rotatable bonds is 7. The zero-order valence-electron chi connectivity index (χ0n) is 18.7. The van der Waals surface area contributed by atoms with Gasteiger partial charge in [-0.05, 0) is 62.6 Å². The van der Waals surface area contributed by atoms with Crippen LogP contribution in [0.25, 0.3) is 0 Å². The zero-order valence-corrected chi connectivity index (χ0v) is 18.7. The molecule has 166 valence electrons. The number of aryl methyl sites for hydroxylation is 1. The van der Waals surface area contributed by atoms with Gasteiger partial charge in [0.25, 0.3) is 5.91 Å². The molecular formula is C25H32N2O4. The van der Waals surface area contributed by atoms with Crippen molar-refractivity contribution in [3.63, 3.8) is 0 Å². The minimum absolute atomic E-state index is 0.0382. The summed E-state index contributed by atoms with van der Waals surface area (Å²) >= 11 is 0. The van der Waals surface area contributed by atoms with Crippen molar-refractivity contribution in [3.05, 3.63) is 47.3 Å². The third-order valence-electron chi connectivity index (χ3n) is 6.58. The minimum Gasteiger partial charge on any atom is -0.496 e. The number of likely N-dealkylation sites (tertiary alicyclic amines) is 1. The quantitative estimate of drug-likeness (QED) is 0.650. The van der Waals surface area contributed by atoms with Crippen LogP contribution in [-0.4, -0.2) is 49.7 Å². The molecule has 1 saturated carbocycles. The highest BCUT2D eigenvalue weighted by Gasteiger charge is 2.27. The molecule has 1 amide bonds. The van der Waals surface area contributed by atoms with E-state index in [0.29, 0.717) is 48.6 Å².